The molecule has 146 valence electrons. The molecule has 1 saturated heterocycles. The number of likely N-dealkylation sites (tertiary alicyclic amines) is 1. The average molecular weight is 379 g/mol. The summed E-state index contributed by atoms with van der Waals surface area (Å²) in [5, 5.41) is 2.93. The summed E-state index contributed by atoms with van der Waals surface area (Å²) in [6.45, 7) is 1.78. The first-order valence-electron chi connectivity index (χ1n) is 9.50. The quantitative estimate of drug-likeness (QED) is 0.809. The molecule has 6 heteroatoms. The van der Waals surface area contributed by atoms with Crippen molar-refractivity contribution in [3.8, 4) is 0 Å². The van der Waals surface area contributed by atoms with Crippen LogP contribution in [0.15, 0.2) is 59.5 Å². The van der Waals surface area contributed by atoms with E-state index >= 15 is 0 Å². The molecular weight excluding hydrogens is 354 g/mol. The van der Waals surface area contributed by atoms with Crippen LogP contribution in [-0.4, -0.2) is 40.9 Å². The van der Waals surface area contributed by atoms with E-state index in [-0.39, 0.29) is 22.9 Å². The number of rotatable bonds is 5. The molecule has 0 aliphatic carbocycles. The molecule has 2 aromatic rings. The van der Waals surface area contributed by atoms with E-state index in [0.29, 0.717) is 25.6 Å². The molecule has 0 spiro atoms. The number of benzene rings is 1. The van der Waals surface area contributed by atoms with Gasteiger partial charge in [-0.05, 0) is 42.5 Å². The van der Waals surface area contributed by atoms with Gasteiger partial charge in [0.15, 0.2) is 0 Å². The van der Waals surface area contributed by atoms with Crippen molar-refractivity contribution in [1.29, 1.82) is 0 Å². The summed E-state index contributed by atoms with van der Waals surface area (Å²) >= 11 is 0. The smallest absolute Gasteiger partial charge is 0.263 e. The number of amides is 2. The summed E-state index contributed by atoms with van der Waals surface area (Å²) in [6.07, 6.45) is 6.58. The number of pyridine rings is 1. The fraction of sp³-hybridized carbons (Fsp3) is 0.318. The lowest BCUT2D eigenvalue weighted by Crippen LogP contribution is -2.43. The van der Waals surface area contributed by atoms with Crippen LogP contribution in [0.2, 0.25) is 0 Å². The molecule has 0 radical (unpaired) electrons. The Morgan fingerprint density at radius 3 is 2.54 bits per heavy atom. The highest BCUT2D eigenvalue weighted by Gasteiger charge is 2.25. The Bertz CT molecular complexity index is 910. The Morgan fingerprint density at radius 2 is 1.82 bits per heavy atom. The van der Waals surface area contributed by atoms with Crippen molar-refractivity contribution in [2.45, 2.75) is 12.8 Å². The Labute approximate surface area is 164 Å². The van der Waals surface area contributed by atoms with Crippen LogP contribution in [0.5, 0.6) is 0 Å². The van der Waals surface area contributed by atoms with Crippen LogP contribution in [0.4, 0.5) is 0 Å². The predicted molar refractivity (Wildman–Crippen MR) is 109 cm³/mol. The second-order valence-electron chi connectivity index (χ2n) is 7.06. The molecule has 6 nitrogen and oxygen atoms in total. The van der Waals surface area contributed by atoms with Crippen molar-refractivity contribution in [2.24, 2.45) is 13.0 Å². The van der Waals surface area contributed by atoms with Crippen molar-refractivity contribution < 1.29 is 9.59 Å². The molecule has 3 rings (SSSR count). The maximum absolute atomic E-state index is 12.6. The molecule has 2 heterocycles. The summed E-state index contributed by atoms with van der Waals surface area (Å²) in [5.74, 6) is 0.00125. The Hall–Kier alpha value is -3.15. The number of hydrogen-bond donors (Lipinski definition) is 1. The van der Waals surface area contributed by atoms with E-state index in [1.807, 2.05) is 30.3 Å². The summed E-state index contributed by atoms with van der Waals surface area (Å²) in [6, 6.07) is 13.0. The second kappa shape index (κ2) is 9.17. The number of nitrogens with zero attached hydrogens (tertiary/aromatic N) is 2. The van der Waals surface area contributed by atoms with Crippen LogP contribution >= 0.6 is 0 Å². The van der Waals surface area contributed by atoms with E-state index in [1.165, 1.54) is 4.57 Å². The van der Waals surface area contributed by atoms with Gasteiger partial charge in [-0.15, -0.1) is 0 Å². The first-order chi connectivity index (χ1) is 13.5. The molecule has 0 unspecified atom stereocenters. The van der Waals surface area contributed by atoms with Crippen LogP contribution in [0.1, 0.15) is 28.8 Å². The van der Waals surface area contributed by atoms with E-state index in [0.717, 1.165) is 18.4 Å². The molecule has 1 aliphatic heterocycles. The van der Waals surface area contributed by atoms with Crippen LogP contribution in [0.25, 0.3) is 6.08 Å². The van der Waals surface area contributed by atoms with Gasteiger partial charge in [0, 0.05) is 39.0 Å². The molecule has 1 aromatic carbocycles. The highest BCUT2D eigenvalue weighted by molar-refractivity contribution is 5.94. The summed E-state index contributed by atoms with van der Waals surface area (Å²) in [5.41, 5.74) is 0.923. The van der Waals surface area contributed by atoms with Crippen LogP contribution < -0.4 is 10.9 Å². The highest BCUT2D eigenvalue weighted by atomic mass is 16.2. The Balaban J connectivity index is 1.46. The van der Waals surface area contributed by atoms with Gasteiger partial charge in [-0.2, -0.15) is 0 Å². The lowest BCUT2D eigenvalue weighted by atomic mass is 9.96. The van der Waals surface area contributed by atoms with Gasteiger partial charge in [-0.1, -0.05) is 30.3 Å². The molecule has 28 heavy (non-hydrogen) atoms. The number of carbonyl (C=O) groups excluding carboxylic acids is 2. The first-order valence-corrected chi connectivity index (χ1v) is 9.50. The third-order valence-corrected chi connectivity index (χ3v) is 5.05. The summed E-state index contributed by atoms with van der Waals surface area (Å²) in [4.78, 5) is 38.4. The molecule has 1 N–H and O–H groups in total. The first kappa shape index (κ1) is 19.6. The topological polar surface area (TPSA) is 71.4 Å². The molecule has 1 aromatic heterocycles. The largest absolute Gasteiger partial charge is 0.352 e. The number of aryl methyl sites for hydroxylation is 1. The van der Waals surface area contributed by atoms with Crippen molar-refractivity contribution in [3.05, 3.63) is 76.2 Å². The molecule has 0 saturated carbocycles. The normalized spacial score (nSPS) is 15.0. The van der Waals surface area contributed by atoms with Crippen molar-refractivity contribution in [2.75, 3.05) is 19.6 Å². The third kappa shape index (κ3) is 4.97. The van der Waals surface area contributed by atoms with Crippen LogP contribution in [-0.2, 0) is 11.8 Å². The van der Waals surface area contributed by atoms with Crippen molar-refractivity contribution in [3.63, 3.8) is 0 Å². The summed E-state index contributed by atoms with van der Waals surface area (Å²) < 4.78 is 1.42. The zero-order valence-corrected chi connectivity index (χ0v) is 16.0. The maximum Gasteiger partial charge on any atom is 0.263 e. The zero-order chi connectivity index (χ0) is 19.9. The second-order valence-corrected chi connectivity index (χ2v) is 7.06. The van der Waals surface area contributed by atoms with E-state index in [2.05, 4.69) is 5.32 Å². The highest BCUT2D eigenvalue weighted by Crippen LogP contribution is 2.17. The van der Waals surface area contributed by atoms with Crippen LogP contribution in [0.3, 0.4) is 0 Å². The Kier molecular flexibility index (Phi) is 6.42. The SMILES string of the molecule is Cn1cccc(C(=O)N2CCC(CNC(=O)/C=C/c3ccccc3)CC2)c1=O. The van der Waals surface area contributed by atoms with Gasteiger partial charge in [0.05, 0.1) is 0 Å². The van der Waals surface area contributed by atoms with E-state index < -0.39 is 0 Å². The van der Waals surface area contributed by atoms with Crippen LogP contribution in [0, 0.1) is 5.92 Å². The standard InChI is InChI=1S/C22H25N3O3/c1-24-13-5-8-19(21(24)27)22(28)25-14-11-18(12-15-25)16-23-20(26)10-9-17-6-3-2-4-7-17/h2-10,13,18H,11-12,14-16H2,1H3,(H,23,26)/b10-9+. The zero-order valence-electron chi connectivity index (χ0n) is 16.0. The minimum absolute atomic E-state index is 0.116. The maximum atomic E-state index is 12.6. The molecule has 0 bridgehead atoms. The molecular formula is C22H25N3O3. The fourth-order valence-electron chi connectivity index (χ4n) is 3.31. The number of hydrogen-bond acceptors (Lipinski definition) is 3. The molecule has 1 fully saturated rings. The monoisotopic (exact) mass is 379 g/mol. The number of piperidine rings is 1. The minimum Gasteiger partial charge on any atom is -0.352 e. The van der Waals surface area contributed by atoms with E-state index in [9.17, 15) is 14.4 Å². The lowest BCUT2D eigenvalue weighted by Gasteiger charge is -2.32. The van der Waals surface area contributed by atoms with Gasteiger partial charge in [-0.3, -0.25) is 14.4 Å². The summed E-state index contributed by atoms with van der Waals surface area (Å²) in [7, 11) is 1.64. The molecule has 0 atom stereocenters. The Morgan fingerprint density at radius 1 is 1.11 bits per heavy atom. The lowest BCUT2D eigenvalue weighted by molar-refractivity contribution is -0.116. The van der Waals surface area contributed by atoms with Gasteiger partial charge in [0.25, 0.3) is 11.5 Å². The number of nitrogens with one attached hydrogen (secondary N) is 1. The van der Waals surface area contributed by atoms with Gasteiger partial charge in [0.2, 0.25) is 5.91 Å². The van der Waals surface area contributed by atoms with Gasteiger partial charge < -0.3 is 14.8 Å². The van der Waals surface area contributed by atoms with Gasteiger partial charge >= 0.3 is 0 Å². The van der Waals surface area contributed by atoms with Crippen molar-refractivity contribution >= 4 is 17.9 Å². The minimum atomic E-state index is -0.271. The number of carbonyl (C=O) groups is 2. The van der Waals surface area contributed by atoms with Gasteiger partial charge in [0.1, 0.15) is 5.56 Å². The average Bonchev–Trinajstić information content (AvgIpc) is 2.73. The predicted octanol–water partition coefficient (Wildman–Crippen LogP) is 2.07. The molecule has 1 aliphatic rings. The van der Waals surface area contributed by atoms with Crippen molar-refractivity contribution in [1.82, 2.24) is 14.8 Å². The van der Waals surface area contributed by atoms with E-state index in [4.69, 9.17) is 0 Å². The fourth-order valence-corrected chi connectivity index (χ4v) is 3.31. The third-order valence-electron chi connectivity index (χ3n) is 5.05. The van der Waals surface area contributed by atoms with Gasteiger partial charge in [-0.25, -0.2) is 0 Å². The van der Waals surface area contributed by atoms with E-state index in [1.54, 1.807) is 42.4 Å². The number of aromatic nitrogens is 1. The molecule has 2 amide bonds.